The predicted octanol–water partition coefficient (Wildman–Crippen LogP) is 1.69. The van der Waals surface area contributed by atoms with Crippen LogP contribution < -0.4 is 20.1 Å². The Morgan fingerprint density at radius 3 is 2.67 bits per heavy atom. The molecule has 30 heavy (non-hydrogen) atoms. The molecule has 0 fully saturated rings. The average molecular weight is 430 g/mol. The molecule has 0 saturated heterocycles. The van der Waals surface area contributed by atoms with E-state index in [1.807, 2.05) is 12.1 Å². The number of carbonyl (C=O) groups is 1. The molecule has 0 aliphatic heterocycles. The number of hydrogen-bond acceptors (Lipinski definition) is 8. The minimum atomic E-state index is -2.08. The molecule has 0 bridgehead atoms. The largest absolute Gasteiger partial charge is 0.494 e. The number of nitrogens with one attached hydrogen (secondary N) is 4. The van der Waals surface area contributed by atoms with Gasteiger partial charge in [-0.05, 0) is 18.0 Å². The molecule has 0 spiro atoms. The lowest BCUT2D eigenvalue weighted by Gasteiger charge is -2.16. The summed E-state index contributed by atoms with van der Waals surface area (Å²) >= 11 is 0. The van der Waals surface area contributed by atoms with E-state index in [0.717, 1.165) is 0 Å². The molecule has 0 radical (unpaired) electrons. The van der Waals surface area contributed by atoms with Crippen LogP contribution in [0.1, 0.15) is 10.5 Å². The highest BCUT2D eigenvalue weighted by molar-refractivity contribution is 8.01. The zero-order chi connectivity index (χ0) is 21.9. The van der Waals surface area contributed by atoms with E-state index in [1.165, 1.54) is 7.05 Å². The summed E-state index contributed by atoms with van der Waals surface area (Å²) < 4.78 is 18.1. The second kappa shape index (κ2) is 8.37. The van der Waals surface area contributed by atoms with Crippen molar-refractivity contribution in [3.63, 3.8) is 0 Å². The van der Waals surface area contributed by atoms with Crippen LogP contribution in [0.25, 0.3) is 11.4 Å². The molecule has 12 heteroatoms. The van der Waals surface area contributed by atoms with E-state index >= 15 is 0 Å². The number of ether oxygens (including phenoxy) is 1. The molecular formula is C18H23N9O2S. The van der Waals surface area contributed by atoms with Gasteiger partial charge in [0.15, 0.2) is 23.1 Å². The molecule has 0 saturated carbocycles. The Kier molecular flexibility index (Phi) is 5.87. The molecule has 0 aliphatic carbocycles. The first-order valence-electron chi connectivity index (χ1n) is 8.75. The topological polar surface area (TPSA) is 143 Å². The third kappa shape index (κ3) is 4.66. The molecule has 0 aliphatic rings. The van der Waals surface area contributed by atoms with Crippen molar-refractivity contribution in [1.29, 1.82) is 4.78 Å². The highest BCUT2D eigenvalue weighted by atomic mass is 32.2. The molecule has 3 aromatic rings. The molecule has 1 atom stereocenters. The first-order chi connectivity index (χ1) is 14.2. The number of anilines is 3. The number of aromatic nitrogens is 5. The molecule has 1 amide bonds. The fourth-order valence-electron chi connectivity index (χ4n) is 2.69. The summed E-state index contributed by atoms with van der Waals surface area (Å²) in [5.74, 6) is 4.69. The molecule has 2 heterocycles. The van der Waals surface area contributed by atoms with Gasteiger partial charge < -0.3 is 20.1 Å². The Morgan fingerprint density at radius 2 is 2.07 bits per heavy atom. The van der Waals surface area contributed by atoms with E-state index < -0.39 is 15.5 Å². The molecule has 2 aromatic heterocycles. The lowest BCUT2D eigenvalue weighted by molar-refractivity contribution is 0.0958. The van der Waals surface area contributed by atoms with Gasteiger partial charge >= 0.3 is 0 Å². The van der Waals surface area contributed by atoms with Crippen LogP contribution >= 0.6 is 0 Å². The van der Waals surface area contributed by atoms with Crippen LogP contribution in [-0.4, -0.2) is 57.2 Å². The SMILES string of the molecule is C=S(C)(=N)Nc1cc(Nc2cccc(-c3ncn(C)n3)c2OC)c(C(=O)NC)nn1. The lowest BCUT2D eigenvalue weighted by Crippen LogP contribution is -2.22. The van der Waals surface area contributed by atoms with Gasteiger partial charge in [0.25, 0.3) is 5.91 Å². The zero-order valence-electron chi connectivity index (χ0n) is 17.1. The predicted molar refractivity (Wildman–Crippen MR) is 118 cm³/mol. The second-order valence-electron chi connectivity index (χ2n) is 6.51. The van der Waals surface area contributed by atoms with Gasteiger partial charge in [-0.1, -0.05) is 15.7 Å². The van der Waals surface area contributed by atoms with Crippen LogP contribution in [0.15, 0.2) is 30.6 Å². The van der Waals surface area contributed by atoms with Crippen molar-refractivity contribution in [2.45, 2.75) is 0 Å². The first kappa shape index (κ1) is 21.0. The summed E-state index contributed by atoms with van der Waals surface area (Å²) in [5.41, 5.74) is 1.75. The van der Waals surface area contributed by atoms with Crippen molar-refractivity contribution < 1.29 is 9.53 Å². The van der Waals surface area contributed by atoms with Gasteiger partial charge in [-0.25, -0.2) is 4.98 Å². The monoisotopic (exact) mass is 429 g/mol. The number of hydrogen-bond donors (Lipinski definition) is 4. The van der Waals surface area contributed by atoms with Gasteiger partial charge in [-0.15, -0.1) is 10.2 Å². The third-order valence-electron chi connectivity index (χ3n) is 3.89. The normalized spacial score (nSPS) is 12.7. The zero-order valence-corrected chi connectivity index (χ0v) is 17.9. The Bertz CT molecular complexity index is 1190. The number of aryl methyl sites for hydroxylation is 1. The van der Waals surface area contributed by atoms with Gasteiger partial charge in [0.1, 0.15) is 6.33 Å². The van der Waals surface area contributed by atoms with Gasteiger partial charge in [-0.3, -0.25) is 14.3 Å². The number of rotatable bonds is 7. The molecule has 4 N–H and O–H groups in total. The standard InChI is InChI=1S/C18H23N9O2S/c1-20-18(28)15-13(9-14(23-24-15)26-30(4,5)19)22-12-8-6-7-11(16(12)29-3)17-21-10-27(2)25-17/h6-10H,4H2,1-3,5H3,(H,20,28)(H3,19,22,23,26). The number of carbonyl (C=O) groups excluding carboxylic acids is 1. The van der Waals surface area contributed by atoms with Crippen molar-refractivity contribution in [2.75, 3.05) is 30.5 Å². The van der Waals surface area contributed by atoms with E-state index in [4.69, 9.17) is 9.52 Å². The maximum Gasteiger partial charge on any atom is 0.273 e. The average Bonchev–Trinajstić information content (AvgIpc) is 3.12. The summed E-state index contributed by atoms with van der Waals surface area (Å²) in [6, 6.07) is 7.07. The van der Waals surface area contributed by atoms with Crippen LogP contribution in [0.2, 0.25) is 0 Å². The van der Waals surface area contributed by atoms with Crippen molar-refractivity contribution in [1.82, 2.24) is 30.3 Å². The van der Waals surface area contributed by atoms with Crippen LogP contribution in [0.3, 0.4) is 0 Å². The summed E-state index contributed by atoms with van der Waals surface area (Å²) in [4.78, 5) is 16.6. The van der Waals surface area contributed by atoms with E-state index in [-0.39, 0.29) is 5.69 Å². The number of amides is 1. The molecule has 3 rings (SSSR count). The van der Waals surface area contributed by atoms with Crippen molar-refractivity contribution >= 4 is 38.6 Å². The summed E-state index contributed by atoms with van der Waals surface area (Å²) in [6.45, 7) is 0. The molecule has 11 nitrogen and oxygen atoms in total. The number of methoxy groups -OCH3 is 1. The maximum atomic E-state index is 12.3. The summed E-state index contributed by atoms with van der Waals surface area (Å²) in [7, 11) is 2.75. The number of benzene rings is 1. The van der Waals surface area contributed by atoms with Crippen molar-refractivity contribution in [3.8, 4) is 17.1 Å². The smallest absolute Gasteiger partial charge is 0.273 e. The minimum Gasteiger partial charge on any atom is -0.494 e. The van der Waals surface area contributed by atoms with Gasteiger partial charge in [0, 0.05) is 26.4 Å². The van der Waals surface area contributed by atoms with Crippen molar-refractivity contribution in [2.24, 2.45) is 7.05 Å². The van der Waals surface area contributed by atoms with Gasteiger partial charge in [-0.2, -0.15) is 5.10 Å². The fraction of sp³-hybridized carbons (Fsp3) is 0.222. The van der Waals surface area contributed by atoms with Crippen LogP contribution in [0, 0.1) is 4.78 Å². The number of nitrogens with zero attached hydrogens (tertiary/aromatic N) is 5. The molecule has 1 unspecified atom stereocenters. The Morgan fingerprint density at radius 1 is 1.30 bits per heavy atom. The third-order valence-corrected chi connectivity index (χ3v) is 4.55. The van der Waals surface area contributed by atoms with E-state index in [9.17, 15) is 4.79 Å². The highest BCUT2D eigenvalue weighted by Gasteiger charge is 2.19. The van der Waals surface area contributed by atoms with Gasteiger partial charge in [0.05, 0.1) is 24.0 Å². The Hall–Kier alpha value is -3.67. The van der Waals surface area contributed by atoms with E-state index in [0.29, 0.717) is 34.3 Å². The highest BCUT2D eigenvalue weighted by Crippen LogP contribution is 2.37. The summed E-state index contributed by atoms with van der Waals surface area (Å²) in [5, 5.41) is 18.1. The van der Waals surface area contributed by atoms with Crippen molar-refractivity contribution in [3.05, 3.63) is 36.3 Å². The quantitative estimate of drug-likeness (QED) is 0.416. The number of para-hydroxylation sites is 1. The molecular weight excluding hydrogens is 406 g/mol. The Labute approximate surface area is 174 Å². The first-order valence-corrected chi connectivity index (χ1v) is 11.0. The molecule has 1 aromatic carbocycles. The van der Waals surface area contributed by atoms with Crippen LogP contribution in [0.5, 0.6) is 5.75 Å². The summed E-state index contributed by atoms with van der Waals surface area (Å²) in [6.07, 6.45) is 3.25. The van der Waals surface area contributed by atoms with E-state index in [1.54, 1.807) is 43.6 Å². The Balaban J connectivity index is 2.08. The molecule has 158 valence electrons. The van der Waals surface area contributed by atoms with Crippen LogP contribution in [0.4, 0.5) is 17.2 Å². The van der Waals surface area contributed by atoms with Crippen LogP contribution in [-0.2, 0) is 16.6 Å². The fourth-order valence-corrected chi connectivity index (χ4v) is 3.25. The van der Waals surface area contributed by atoms with Gasteiger partial charge in [0.2, 0.25) is 0 Å². The lowest BCUT2D eigenvalue weighted by atomic mass is 10.1. The van der Waals surface area contributed by atoms with E-state index in [2.05, 4.69) is 41.5 Å². The maximum absolute atomic E-state index is 12.3. The second-order valence-corrected chi connectivity index (χ2v) is 8.89. The minimum absolute atomic E-state index is 0.0946.